The lowest BCUT2D eigenvalue weighted by Gasteiger charge is -2.09. The summed E-state index contributed by atoms with van der Waals surface area (Å²) in [5.74, 6) is -0.539. The number of thiophene rings is 1. The Hall–Kier alpha value is -2.95. The van der Waals surface area contributed by atoms with E-state index in [2.05, 4.69) is 15.7 Å². The van der Waals surface area contributed by atoms with Crippen molar-refractivity contribution in [3.05, 3.63) is 63.1 Å². The molecule has 0 unspecified atom stereocenters. The Morgan fingerprint density at radius 3 is 2.52 bits per heavy atom. The highest BCUT2D eigenvalue weighted by atomic mass is 35.5. The molecule has 0 aliphatic carbocycles. The number of nitrogens with zero attached hydrogens (tertiary/aromatic N) is 2. The molecular weight excluding hydrogens is 484 g/mol. The summed E-state index contributed by atoms with van der Waals surface area (Å²) in [6.45, 7) is 6.03. The van der Waals surface area contributed by atoms with Gasteiger partial charge in [0.05, 0.1) is 25.3 Å². The molecule has 0 fully saturated rings. The van der Waals surface area contributed by atoms with Crippen LogP contribution in [0.3, 0.4) is 0 Å². The predicted molar refractivity (Wildman–Crippen MR) is 134 cm³/mol. The molecule has 0 radical (unpaired) electrons. The second kappa shape index (κ2) is 11.3. The fourth-order valence-electron chi connectivity index (χ4n) is 3.01. The van der Waals surface area contributed by atoms with E-state index in [1.165, 1.54) is 0 Å². The van der Waals surface area contributed by atoms with E-state index in [1.54, 1.807) is 37.7 Å². The number of esters is 2. The zero-order chi connectivity index (χ0) is 24.0. The van der Waals surface area contributed by atoms with Crippen molar-refractivity contribution >= 4 is 63.0 Å². The Kier molecular flexibility index (Phi) is 8.43. The Morgan fingerprint density at radius 1 is 1.12 bits per heavy atom. The Morgan fingerprint density at radius 2 is 1.82 bits per heavy atom. The largest absolute Gasteiger partial charge is 0.462 e. The summed E-state index contributed by atoms with van der Waals surface area (Å²) in [4.78, 5) is 25.1. The summed E-state index contributed by atoms with van der Waals surface area (Å²) in [7, 11) is 0. The van der Waals surface area contributed by atoms with Gasteiger partial charge >= 0.3 is 11.9 Å². The minimum absolute atomic E-state index is 0.202. The van der Waals surface area contributed by atoms with Gasteiger partial charge in [-0.2, -0.15) is 5.10 Å². The van der Waals surface area contributed by atoms with Crippen molar-refractivity contribution in [3.63, 3.8) is 0 Å². The van der Waals surface area contributed by atoms with E-state index in [4.69, 9.17) is 33.3 Å². The summed E-state index contributed by atoms with van der Waals surface area (Å²) < 4.78 is 12.0. The number of nitrogens with one attached hydrogen (secondary N) is 2. The maximum Gasteiger partial charge on any atom is 0.348 e. The molecule has 0 aliphatic rings. The summed E-state index contributed by atoms with van der Waals surface area (Å²) in [6.07, 6.45) is 1.80. The summed E-state index contributed by atoms with van der Waals surface area (Å²) in [5.41, 5.74) is 1.67. The number of rotatable bonds is 8. The zero-order valence-electron chi connectivity index (χ0n) is 18.3. The van der Waals surface area contributed by atoms with Crippen LogP contribution >= 0.6 is 35.2 Å². The minimum atomic E-state index is -0.545. The van der Waals surface area contributed by atoms with Crippen LogP contribution in [0.5, 0.6) is 0 Å². The number of carbonyl (C=O) groups is 2. The summed E-state index contributed by atoms with van der Waals surface area (Å²) in [6, 6.07) is 9.31. The quantitative estimate of drug-likeness (QED) is 0.321. The van der Waals surface area contributed by atoms with Gasteiger partial charge in [0.15, 0.2) is 10.9 Å². The van der Waals surface area contributed by atoms with Gasteiger partial charge in [0.2, 0.25) is 0 Å². The smallest absolute Gasteiger partial charge is 0.348 e. The van der Waals surface area contributed by atoms with Gasteiger partial charge in [-0.15, -0.1) is 11.3 Å². The van der Waals surface area contributed by atoms with Crippen molar-refractivity contribution in [1.82, 2.24) is 9.78 Å². The fourth-order valence-corrected chi connectivity index (χ4v) is 4.57. The van der Waals surface area contributed by atoms with Crippen LogP contribution in [0.4, 0.5) is 10.8 Å². The third-order valence-electron chi connectivity index (χ3n) is 4.49. The first kappa shape index (κ1) is 24.7. The third-order valence-corrected chi connectivity index (χ3v) is 6.25. The topological polar surface area (TPSA) is 94.5 Å². The van der Waals surface area contributed by atoms with Crippen molar-refractivity contribution in [3.8, 4) is 0 Å². The molecule has 2 heterocycles. The van der Waals surface area contributed by atoms with E-state index in [-0.39, 0.29) is 23.9 Å². The molecule has 0 saturated carbocycles. The number of halogens is 1. The second-order valence-corrected chi connectivity index (χ2v) is 8.61. The van der Waals surface area contributed by atoms with Crippen molar-refractivity contribution in [1.29, 1.82) is 0 Å². The number of anilines is 2. The summed E-state index contributed by atoms with van der Waals surface area (Å²) in [5, 5.41) is 11.7. The van der Waals surface area contributed by atoms with Crippen LogP contribution in [-0.2, 0) is 16.0 Å². The van der Waals surface area contributed by atoms with Crippen LogP contribution in [0.15, 0.2) is 36.5 Å². The molecule has 1 aromatic carbocycles. The fraction of sp³-hybridized carbons (Fsp3) is 0.273. The molecular formula is C22H23ClN4O4S2. The molecule has 8 nitrogen and oxygen atoms in total. The highest BCUT2D eigenvalue weighted by molar-refractivity contribution is 7.80. The standard InChI is InChI=1S/C22H23ClN4O4S2/c1-4-30-20(28)17-13(3)18(21(29)31-5-2)33-19(17)25-22(32)24-16-10-11-27(26-16)12-14-8-6-7-9-15(14)23/h6-11H,4-5,12H2,1-3H3,(H2,24,25,26,32). The molecule has 0 saturated heterocycles. The van der Waals surface area contributed by atoms with Crippen LogP contribution in [0.25, 0.3) is 0 Å². The summed E-state index contributed by atoms with van der Waals surface area (Å²) >= 11 is 12.7. The minimum Gasteiger partial charge on any atom is -0.462 e. The van der Waals surface area contributed by atoms with Gasteiger partial charge in [-0.05, 0) is 50.2 Å². The molecule has 174 valence electrons. The van der Waals surface area contributed by atoms with Gasteiger partial charge in [-0.3, -0.25) is 4.68 Å². The van der Waals surface area contributed by atoms with Crippen molar-refractivity contribution in [2.45, 2.75) is 27.3 Å². The van der Waals surface area contributed by atoms with Gasteiger partial charge in [-0.25, -0.2) is 9.59 Å². The van der Waals surface area contributed by atoms with Gasteiger partial charge in [0.25, 0.3) is 0 Å². The number of carbonyl (C=O) groups excluding carboxylic acids is 2. The Bertz CT molecular complexity index is 1180. The van der Waals surface area contributed by atoms with Crippen LogP contribution in [0.1, 0.15) is 45.0 Å². The SMILES string of the molecule is CCOC(=O)c1sc(NC(=S)Nc2ccn(Cc3ccccc3Cl)n2)c(C(=O)OCC)c1C. The van der Waals surface area contributed by atoms with E-state index in [0.717, 1.165) is 16.9 Å². The Labute approximate surface area is 205 Å². The molecule has 3 aromatic rings. The van der Waals surface area contributed by atoms with Crippen LogP contribution < -0.4 is 10.6 Å². The average molecular weight is 507 g/mol. The molecule has 11 heteroatoms. The molecule has 0 spiro atoms. The maximum atomic E-state index is 12.5. The lowest BCUT2D eigenvalue weighted by molar-refractivity contribution is 0.0527. The van der Waals surface area contributed by atoms with E-state index in [1.807, 2.05) is 24.3 Å². The van der Waals surface area contributed by atoms with Crippen molar-refractivity contribution < 1.29 is 19.1 Å². The van der Waals surface area contributed by atoms with Gasteiger partial charge in [0, 0.05) is 17.3 Å². The number of hydrogen-bond acceptors (Lipinski definition) is 7. The van der Waals surface area contributed by atoms with E-state index in [0.29, 0.717) is 32.8 Å². The van der Waals surface area contributed by atoms with Crippen LogP contribution in [0.2, 0.25) is 5.02 Å². The highest BCUT2D eigenvalue weighted by Crippen LogP contribution is 2.34. The number of ether oxygens (including phenoxy) is 2. The molecule has 33 heavy (non-hydrogen) atoms. The normalized spacial score (nSPS) is 10.5. The molecule has 2 N–H and O–H groups in total. The van der Waals surface area contributed by atoms with E-state index < -0.39 is 11.9 Å². The number of hydrogen-bond donors (Lipinski definition) is 2. The Balaban J connectivity index is 1.75. The van der Waals surface area contributed by atoms with E-state index >= 15 is 0 Å². The molecule has 2 aromatic heterocycles. The zero-order valence-corrected chi connectivity index (χ0v) is 20.7. The molecule has 0 amide bonds. The van der Waals surface area contributed by atoms with Crippen molar-refractivity contribution in [2.24, 2.45) is 0 Å². The average Bonchev–Trinajstić information content (AvgIpc) is 3.33. The number of benzene rings is 1. The first-order valence-electron chi connectivity index (χ1n) is 10.2. The lowest BCUT2D eigenvalue weighted by atomic mass is 10.1. The second-order valence-electron chi connectivity index (χ2n) is 6.77. The molecule has 0 aliphatic heterocycles. The van der Waals surface area contributed by atoms with E-state index in [9.17, 15) is 9.59 Å². The highest BCUT2D eigenvalue weighted by Gasteiger charge is 2.27. The van der Waals surface area contributed by atoms with Gasteiger partial charge in [-0.1, -0.05) is 29.8 Å². The maximum absolute atomic E-state index is 12.5. The molecule has 3 rings (SSSR count). The first-order valence-corrected chi connectivity index (χ1v) is 11.8. The number of aromatic nitrogens is 2. The van der Waals surface area contributed by atoms with Gasteiger partial charge in [0.1, 0.15) is 9.88 Å². The predicted octanol–water partition coefficient (Wildman–Crippen LogP) is 5.12. The third kappa shape index (κ3) is 6.10. The first-order chi connectivity index (χ1) is 15.8. The van der Waals surface area contributed by atoms with Crippen molar-refractivity contribution in [2.75, 3.05) is 23.8 Å². The number of thiocarbonyl (C=S) groups is 1. The van der Waals surface area contributed by atoms with Crippen LogP contribution in [-0.4, -0.2) is 40.0 Å². The molecule has 0 atom stereocenters. The van der Waals surface area contributed by atoms with Gasteiger partial charge < -0.3 is 20.1 Å². The lowest BCUT2D eigenvalue weighted by Crippen LogP contribution is -2.20. The van der Waals surface area contributed by atoms with Crippen LogP contribution in [0, 0.1) is 6.92 Å². The monoisotopic (exact) mass is 506 g/mol. The molecule has 0 bridgehead atoms.